The molecule has 2 aromatic rings. The largest absolute Gasteiger partial charge is 0.489 e. The molecule has 0 saturated heterocycles. The molecule has 0 aromatic heterocycles. The predicted molar refractivity (Wildman–Crippen MR) is 109 cm³/mol. The molecule has 0 bridgehead atoms. The van der Waals surface area contributed by atoms with Crippen LogP contribution in [-0.2, 0) is 22.7 Å². The van der Waals surface area contributed by atoms with E-state index in [4.69, 9.17) is 9.47 Å². The fourth-order valence-corrected chi connectivity index (χ4v) is 2.45. The molecule has 0 saturated carbocycles. The number of halogens is 1. The van der Waals surface area contributed by atoms with Gasteiger partial charge in [0.15, 0.2) is 0 Å². The van der Waals surface area contributed by atoms with Gasteiger partial charge >= 0.3 is 6.09 Å². The molecule has 1 atom stereocenters. The van der Waals surface area contributed by atoms with Crippen LogP contribution < -0.4 is 15.4 Å². The number of benzene rings is 2. The van der Waals surface area contributed by atoms with Gasteiger partial charge in [-0.25, -0.2) is 9.18 Å². The fraction of sp³-hybridized carbons (Fsp3) is 0.364. The highest BCUT2D eigenvalue weighted by Gasteiger charge is 2.23. The Balaban J connectivity index is 1.81. The Labute approximate surface area is 175 Å². The first-order chi connectivity index (χ1) is 14.2. The maximum atomic E-state index is 13.2. The molecule has 0 fully saturated rings. The standard InChI is InChI=1S/C22H27FN2O5/c1-22(2,3)30-21(28)25-19(13-26)20(27)24-12-15-7-9-18(10-8-15)29-14-16-5-4-6-17(23)11-16/h4-11,19,26H,12-14H2,1-3H3,(H,24,27)(H,25,28)/t19-/m0/s1. The molecular weight excluding hydrogens is 391 g/mol. The summed E-state index contributed by atoms with van der Waals surface area (Å²) in [6.45, 7) is 4.99. The smallest absolute Gasteiger partial charge is 0.408 e. The highest BCUT2D eigenvalue weighted by Crippen LogP contribution is 2.15. The SMILES string of the molecule is CC(C)(C)OC(=O)N[C@@H](CO)C(=O)NCc1ccc(OCc2cccc(F)c2)cc1. The van der Waals surface area contributed by atoms with Crippen molar-refractivity contribution < 1.29 is 28.6 Å². The normalized spacial score (nSPS) is 12.0. The Kier molecular flexibility index (Phi) is 8.17. The number of hydrogen-bond donors (Lipinski definition) is 3. The Morgan fingerprint density at radius 1 is 1.10 bits per heavy atom. The third-order valence-electron chi connectivity index (χ3n) is 3.87. The Morgan fingerprint density at radius 2 is 1.80 bits per heavy atom. The van der Waals surface area contributed by atoms with Crippen molar-refractivity contribution in [1.29, 1.82) is 0 Å². The zero-order valence-electron chi connectivity index (χ0n) is 17.3. The van der Waals surface area contributed by atoms with Gasteiger partial charge < -0.3 is 25.2 Å². The second kappa shape index (κ2) is 10.6. The van der Waals surface area contributed by atoms with Gasteiger partial charge in [0.25, 0.3) is 0 Å². The van der Waals surface area contributed by atoms with Crippen LogP contribution >= 0.6 is 0 Å². The minimum atomic E-state index is -1.12. The number of carbonyl (C=O) groups excluding carboxylic acids is 2. The lowest BCUT2D eigenvalue weighted by molar-refractivity contribution is -0.124. The zero-order chi connectivity index (χ0) is 22.1. The number of amides is 2. The average Bonchev–Trinajstić information content (AvgIpc) is 2.68. The van der Waals surface area contributed by atoms with Crippen LogP contribution in [0.3, 0.4) is 0 Å². The van der Waals surface area contributed by atoms with Gasteiger partial charge in [-0.05, 0) is 56.2 Å². The Bertz CT molecular complexity index is 849. The summed E-state index contributed by atoms with van der Waals surface area (Å²) in [5.74, 6) is -0.242. The molecule has 0 aliphatic heterocycles. The highest BCUT2D eigenvalue weighted by atomic mass is 19.1. The van der Waals surface area contributed by atoms with E-state index >= 15 is 0 Å². The van der Waals surface area contributed by atoms with Crippen molar-refractivity contribution in [2.45, 2.75) is 45.6 Å². The first-order valence-corrected chi connectivity index (χ1v) is 9.50. The summed E-state index contributed by atoms with van der Waals surface area (Å²) in [5.41, 5.74) is 0.813. The lowest BCUT2D eigenvalue weighted by Crippen LogP contribution is -2.49. The number of nitrogens with one attached hydrogen (secondary N) is 2. The maximum absolute atomic E-state index is 13.2. The van der Waals surface area contributed by atoms with Gasteiger partial charge in [-0.1, -0.05) is 24.3 Å². The van der Waals surface area contributed by atoms with Crippen molar-refractivity contribution in [3.8, 4) is 5.75 Å². The quantitative estimate of drug-likeness (QED) is 0.613. The molecular formula is C22H27FN2O5. The van der Waals surface area contributed by atoms with Crippen molar-refractivity contribution in [2.24, 2.45) is 0 Å². The third kappa shape index (κ3) is 8.08. The van der Waals surface area contributed by atoms with Crippen molar-refractivity contribution in [3.05, 3.63) is 65.5 Å². The minimum Gasteiger partial charge on any atom is -0.489 e. The number of aliphatic hydroxyl groups excluding tert-OH is 1. The van der Waals surface area contributed by atoms with Gasteiger partial charge in [0, 0.05) is 6.54 Å². The molecule has 30 heavy (non-hydrogen) atoms. The van der Waals surface area contributed by atoms with Gasteiger partial charge in [-0.2, -0.15) is 0 Å². The van der Waals surface area contributed by atoms with Crippen LogP contribution in [0.15, 0.2) is 48.5 Å². The Morgan fingerprint density at radius 3 is 2.40 bits per heavy atom. The van der Waals surface area contributed by atoms with E-state index in [2.05, 4.69) is 10.6 Å². The lowest BCUT2D eigenvalue weighted by atomic mass is 10.2. The second-order valence-electron chi connectivity index (χ2n) is 7.66. The van der Waals surface area contributed by atoms with Crippen LogP contribution in [-0.4, -0.2) is 35.4 Å². The van der Waals surface area contributed by atoms with Crippen LogP contribution in [0.4, 0.5) is 9.18 Å². The van der Waals surface area contributed by atoms with Crippen molar-refractivity contribution in [2.75, 3.05) is 6.61 Å². The number of aliphatic hydroxyl groups is 1. The van der Waals surface area contributed by atoms with Crippen LogP contribution in [0.25, 0.3) is 0 Å². The van der Waals surface area contributed by atoms with E-state index < -0.39 is 30.3 Å². The maximum Gasteiger partial charge on any atom is 0.408 e. The third-order valence-corrected chi connectivity index (χ3v) is 3.87. The average molecular weight is 418 g/mol. The van der Waals surface area contributed by atoms with Gasteiger partial charge in [-0.3, -0.25) is 4.79 Å². The number of ether oxygens (including phenoxy) is 2. The lowest BCUT2D eigenvalue weighted by Gasteiger charge is -2.22. The molecule has 0 heterocycles. The molecule has 0 aliphatic carbocycles. The highest BCUT2D eigenvalue weighted by molar-refractivity contribution is 5.85. The Hall–Kier alpha value is -3.13. The number of rotatable bonds is 8. The molecule has 2 amide bonds. The van der Waals surface area contributed by atoms with Gasteiger partial charge in [0.2, 0.25) is 5.91 Å². The van der Waals surface area contributed by atoms with E-state index in [1.54, 1.807) is 57.2 Å². The van der Waals surface area contributed by atoms with E-state index in [0.717, 1.165) is 11.1 Å². The molecule has 0 radical (unpaired) electrons. The second-order valence-corrected chi connectivity index (χ2v) is 7.66. The van der Waals surface area contributed by atoms with Gasteiger partial charge in [0.05, 0.1) is 6.61 Å². The summed E-state index contributed by atoms with van der Waals surface area (Å²) >= 11 is 0. The summed E-state index contributed by atoms with van der Waals surface area (Å²) in [7, 11) is 0. The van der Waals surface area contributed by atoms with Gasteiger partial charge in [-0.15, -0.1) is 0 Å². The summed E-state index contributed by atoms with van der Waals surface area (Å²) < 4.78 is 23.9. The molecule has 162 valence electrons. The summed E-state index contributed by atoms with van der Waals surface area (Å²) in [4.78, 5) is 24.0. The number of alkyl carbamates (subject to hydrolysis) is 1. The molecule has 0 unspecified atom stereocenters. The van der Waals surface area contributed by atoms with E-state index in [1.165, 1.54) is 12.1 Å². The van der Waals surface area contributed by atoms with Crippen molar-refractivity contribution in [3.63, 3.8) is 0 Å². The first-order valence-electron chi connectivity index (χ1n) is 9.50. The van der Waals surface area contributed by atoms with E-state index in [0.29, 0.717) is 5.75 Å². The van der Waals surface area contributed by atoms with Crippen LogP contribution in [0, 0.1) is 5.82 Å². The predicted octanol–water partition coefficient (Wildman–Crippen LogP) is 2.91. The molecule has 2 aromatic carbocycles. The van der Waals surface area contributed by atoms with Crippen LogP contribution in [0.2, 0.25) is 0 Å². The minimum absolute atomic E-state index is 0.204. The van der Waals surface area contributed by atoms with Crippen molar-refractivity contribution >= 4 is 12.0 Å². The monoisotopic (exact) mass is 418 g/mol. The number of carbonyl (C=O) groups is 2. The van der Waals surface area contributed by atoms with Gasteiger partial charge in [0.1, 0.15) is 29.8 Å². The molecule has 0 spiro atoms. The van der Waals surface area contributed by atoms with E-state index in [1.807, 2.05) is 0 Å². The molecule has 0 aliphatic rings. The molecule has 2 rings (SSSR count). The molecule has 3 N–H and O–H groups in total. The van der Waals surface area contributed by atoms with E-state index in [-0.39, 0.29) is 19.0 Å². The zero-order valence-corrected chi connectivity index (χ0v) is 17.3. The van der Waals surface area contributed by atoms with Crippen LogP contribution in [0.5, 0.6) is 5.75 Å². The summed E-state index contributed by atoms with van der Waals surface area (Å²) in [6, 6.07) is 12.1. The fourth-order valence-electron chi connectivity index (χ4n) is 2.45. The van der Waals surface area contributed by atoms with Crippen molar-refractivity contribution in [1.82, 2.24) is 10.6 Å². The van der Waals surface area contributed by atoms with E-state index in [9.17, 15) is 19.1 Å². The molecule has 8 heteroatoms. The number of hydrogen-bond acceptors (Lipinski definition) is 5. The summed E-state index contributed by atoms with van der Waals surface area (Å²) in [6.07, 6.45) is -0.781. The summed E-state index contributed by atoms with van der Waals surface area (Å²) in [5, 5.41) is 14.4. The topological polar surface area (TPSA) is 96.9 Å². The first kappa shape index (κ1) is 23.2. The van der Waals surface area contributed by atoms with Crippen LogP contribution in [0.1, 0.15) is 31.9 Å². The molecule has 7 nitrogen and oxygen atoms in total.